The molecule has 0 aliphatic rings. The summed E-state index contributed by atoms with van der Waals surface area (Å²) in [6, 6.07) is 27.9. The monoisotopic (exact) mass is 812 g/mol. The zero-order chi connectivity index (χ0) is 41.3. The van der Waals surface area contributed by atoms with Gasteiger partial charge < -0.3 is 20.7 Å². The molecule has 4 aromatic heterocycles. The first-order valence-electron chi connectivity index (χ1n) is 17.0. The summed E-state index contributed by atoms with van der Waals surface area (Å²) in [7, 11) is -1.44. The Morgan fingerprint density at radius 1 is 0.534 bits per heavy atom. The number of aromatic nitrogens is 6. The standard InChI is InChI=1S/C20H13F3N4.C11H7ClF3N3.C9H8BNO2/c21-20(22,23)13-5-7-14(8-6-13)26-19-12-24-11-18(27-19)16-9-10-25-17-4-2-1-3-15(16)17;12-9-5-16-6-10(18-9)17-8-3-1-7(2-4-8)11(13,14)15;12-10(13)8-5-6-11-9-4-2-1-3-7(8)9/h1-12H,(H,26,27);1-6H,(H,17,18);1-6,12-13H. The van der Waals surface area contributed by atoms with E-state index >= 15 is 0 Å². The maximum Gasteiger partial charge on any atom is 0.489 e. The van der Waals surface area contributed by atoms with Gasteiger partial charge in [-0.3, -0.25) is 19.9 Å². The van der Waals surface area contributed by atoms with Crippen molar-refractivity contribution in [2.24, 2.45) is 0 Å². The lowest BCUT2D eigenvalue weighted by Gasteiger charge is -2.10. The predicted molar refractivity (Wildman–Crippen MR) is 211 cm³/mol. The molecule has 292 valence electrons. The number of para-hydroxylation sites is 2. The molecule has 0 fully saturated rings. The molecule has 0 aliphatic carbocycles. The van der Waals surface area contributed by atoms with E-state index in [0.717, 1.165) is 51.6 Å². The summed E-state index contributed by atoms with van der Waals surface area (Å²) >= 11 is 5.63. The molecule has 0 aliphatic heterocycles. The normalized spacial score (nSPS) is 11.2. The van der Waals surface area contributed by atoms with Crippen LogP contribution in [-0.4, -0.2) is 47.1 Å². The van der Waals surface area contributed by atoms with Gasteiger partial charge in [-0.2, -0.15) is 26.3 Å². The fourth-order valence-electron chi connectivity index (χ4n) is 5.40. The molecule has 0 saturated carbocycles. The third kappa shape index (κ3) is 10.8. The highest BCUT2D eigenvalue weighted by atomic mass is 35.5. The molecule has 4 aromatic carbocycles. The van der Waals surface area contributed by atoms with Crippen molar-refractivity contribution in [3.05, 3.63) is 163 Å². The summed E-state index contributed by atoms with van der Waals surface area (Å²) in [6.45, 7) is 0. The Kier molecular flexibility index (Phi) is 12.8. The SMILES string of the molecule is FC(F)(F)c1ccc(Nc2cncc(-c3ccnc4ccccc34)n2)cc1.FC(F)(F)c1ccc(Nc2cncc(Cl)n2)cc1.OB(O)c1ccnc2ccccc12. The van der Waals surface area contributed by atoms with Crippen molar-refractivity contribution in [3.63, 3.8) is 0 Å². The van der Waals surface area contributed by atoms with E-state index in [-0.39, 0.29) is 5.15 Å². The summed E-state index contributed by atoms with van der Waals surface area (Å²) < 4.78 is 75.0. The Hall–Kier alpha value is -6.69. The Balaban J connectivity index is 0.000000158. The van der Waals surface area contributed by atoms with Gasteiger partial charge in [-0.15, -0.1) is 0 Å². The van der Waals surface area contributed by atoms with Gasteiger partial charge in [-0.05, 0) is 83.6 Å². The first-order chi connectivity index (χ1) is 27.7. The Bertz CT molecular complexity index is 2610. The van der Waals surface area contributed by atoms with Gasteiger partial charge in [0.15, 0.2) is 5.82 Å². The molecule has 58 heavy (non-hydrogen) atoms. The third-order valence-electron chi connectivity index (χ3n) is 8.09. The third-order valence-corrected chi connectivity index (χ3v) is 8.28. The molecule has 8 aromatic rings. The van der Waals surface area contributed by atoms with Crippen molar-refractivity contribution in [3.8, 4) is 11.3 Å². The molecule has 18 heteroatoms. The van der Waals surface area contributed by atoms with Crippen LogP contribution in [0.4, 0.5) is 49.4 Å². The summed E-state index contributed by atoms with van der Waals surface area (Å²) in [5.74, 6) is 0.801. The van der Waals surface area contributed by atoms with Gasteiger partial charge in [-0.1, -0.05) is 48.0 Å². The number of hydrogen-bond acceptors (Lipinski definition) is 10. The van der Waals surface area contributed by atoms with Crippen molar-refractivity contribution < 1.29 is 36.4 Å². The van der Waals surface area contributed by atoms with Gasteiger partial charge in [0.05, 0.1) is 52.6 Å². The number of pyridine rings is 2. The van der Waals surface area contributed by atoms with E-state index in [9.17, 15) is 26.3 Å². The van der Waals surface area contributed by atoms with Crippen LogP contribution in [0.5, 0.6) is 0 Å². The van der Waals surface area contributed by atoms with Gasteiger partial charge >= 0.3 is 19.5 Å². The first kappa shape index (κ1) is 41.0. The number of alkyl halides is 6. The van der Waals surface area contributed by atoms with Crippen LogP contribution in [0.1, 0.15) is 11.1 Å². The second kappa shape index (κ2) is 18.1. The van der Waals surface area contributed by atoms with E-state index in [2.05, 4.69) is 40.5 Å². The minimum atomic E-state index is -4.36. The maximum atomic E-state index is 12.7. The van der Waals surface area contributed by atoms with Crippen LogP contribution in [0, 0.1) is 0 Å². The van der Waals surface area contributed by atoms with E-state index < -0.39 is 30.6 Å². The number of fused-ring (bicyclic) bond motifs is 2. The van der Waals surface area contributed by atoms with Crippen LogP contribution in [0.15, 0.2) is 146 Å². The van der Waals surface area contributed by atoms with Crippen molar-refractivity contribution >= 4 is 69.0 Å². The molecule has 0 amide bonds. The predicted octanol–water partition coefficient (Wildman–Crippen LogP) is 9.26. The molecule has 0 atom stereocenters. The molecular weight excluding hydrogens is 785 g/mol. The van der Waals surface area contributed by atoms with Gasteiger partial charge in [-0.25, -0.2) is 9.97 Å². The molecule has 0 bridgehead atoms. The maximum absolute atomic E-state index is 12.7. The quantitative estimate of drug-likeness (QED) is 0.0949. The Labute approximate surface area is 331 Å². The molecule has 8 rings (SSSR count). The molecule has 0 saturated heterocycles. The van der Waals surface area contributed by atoms with Crippen LogP contribution in [0.2, 0.25) is 5.15 Å². The van der Waals surface area contributed by atoms with Crippen molar-refractivity contribution in [2.45, 2.75) is 12.4 Å². The van der Waals surface area contributed by atoms with Crippen molar-refractivity contribution in [2.75, 3.05) is 10.6 Å². The number of rotatable bonds is 6. The summed E-state index contributed by atoms with van der Waals surface area (Å²) in [6.07, 6.45) is 0.509. The van der Waals surface area contributed by atoms with Gasteiger partial charge in [0.1, 0.15) is 11.0 Å². The number of halogens is 7. The van der Waals surface area contributed by atoms with E-state index in [1.807, 2.05) is 54.6 Å². The first-order valence-corrected chi connectivity index (χ1v) is 17.3. The largest absolute Gasteiger partial charge is 0.489 e. The van der Waals surface area contributed by atoms with Gasteiger partial charge in [0.25, 0.3) is 0 Å². The van der Waals surface area contributed by atoms with E-state index in [4.69, 9.17) is 21.6 Å². The summed E-state index contributed by atoms with van der Waals surface area (Å²) in [4.78, 5) is 24.9. The molecule has 0 unspecified atom stereocenters. The van der Waals surface area contributed by atoms with Crippen molar-refractivity contribution in [1.82, 2.24) is 29.9 Å². The number of nitrogens with zero attached hydrogens (tertiary/aromatic N) is 6. The van der Waals surface area contributed by atoms with E-state index in [1.54, 1.807) is 24.7 Å². The van der Waals surface area contributed by atoms with Gasteiger partial charge in [0.2, 0.25) is 0 Å². The lowest BCUT2D eigenvalue weighted by molar-refractivity contribution is -0.138. The second-order valence-corrected chi connectivity index (χ2v) is 12.5. The fraction of sp³-hybridized carbons (Fsp3) is 0.0500. The van der Waals surface area contributed by atoms with Gasteiger partial charge in [0, 0.05) is 34.7 Å². The topological polar surface area (TPSA) is 142 Å². The molecule has 4 N–H and O–H groups in total. The molecule has 0 spiro atoms. The summed E-state index contributed by atoms with van der Waals surface area (Å²) in [5.41, 5.74) is 3.20. The Morgan fingerprint density at radius 3 is 1.55 bits per heavy atom. The average Bonchev–Trinajstić information content (AvgIpc) is 3.21. The minimum Gasteiger partial charge on any atom is -0.423 e. The zero-order valence-electron chi connectivity index (χ0n) is 29.7. The molecular formula is C40H28BClF6N8O2. The van der Waals surface area contributed by atoms with E-state index in [1.165, 1.54) is 42.9 Å². The smallest absolute Gasteiger partial charge is 0.423 e. The van der Waals surface area contributed by atoms with E-state index in [0.29, 0.717) is 34.2 Å². The second-order valence-electron chi connectivity index (χ2n) is 12.1. The fourth-order valence-corrected chi connectivity index (χ4v) is 5.55. The molecule has 10 nitrogen and oxygen atoms in total. The highest BCUT2D eigenvalue weighted by molar-refractivity contribution is 6.61. The highest BCUT2D eigenvalue weighted by Crippen LogP contribution is 2.32. The van der Waals surface area contributed by atoms with Crippen LogP contribution in [-0.2, 0) is 12.4 Å². The lowest BCUT2D eigenvalue weighted by Crippen LogP contribution is -2.30. The zero-order valence-corrected chi connectivity index (χ0v) is 30.4. The number of nitrogens with one attached hydrogen (secondary N) is 2. The average molecular weight is 813 g/mol. The van der Waals surface area contributed by atoms with Crippen LogP contribution in [0.3, 0.4) is 0 Å². The Morgan fingerprint density at radius 2 is 1.02 bits per heavy atom. The van der Waals surface area contributed by atoms with Crippen LogP contribution >= 0.6 is 11.6 Å². The number of benzene rings is 4. The lowest BCUT2D eigenvalue weighted by atomic mass is 9.78. The number of hydrogen-bond donors (Lipinski definition) is 4. The van der Waals surface area contributed by atoms with Crippen LogP contribution in [0.25, 0.3) is 33.1 Å². The number of anilines is 4. The highest BCUT2D eigenvalue weighted by Gasteiger charge is 2.30. The van der Waals surface area contributed by atoms with Crippen molar-refractivity contribution in [1.29, 1.82) is 0 Å². The summed E-state index contributed by atoms with van der Waals surface area (Å²) in [5, 5.41) is 25.8. The molecule has 4 heterocycles. The van der Waals surface area contributed by atoms with Crippen LogP contribution < -0.4 is 16.1 Å². The minimum absolute atomic E-state index is 0.201. The molecule has 0 radical (unpaired) electrons.